The maximum Gasteiger partial charge on any atom is 0.306 e. The highest BCUT2D eigenvalue weighted by Gasteiger charge is 2.41. The molecule has 1 aliphatic carbocycles. The van der Waals surface area contributed by atoms with Crippen LogP contribution < -0.4 is 0 Å². The van der Waals surface area contributed by atoms with Gasteiger partial charge < -0.3 is 10.2 Å². The summed E-state index contributed by atoms with van der Waals surface area (Å²) >= 11 is 7.15. The van der Waals surface area contributed by atoms with Crippen molar-refractivity contribution in [1.82, 2.24) is 0 Å². The lowest BCUT2D eigenvalue weighted by molar-refractivity contribution is -0.144. The smallest absolute Gasteiger partial charge is 0.306 e. The van der Waals surface area contributed by atoms with Crippen LogP contribution in [0.15, 0.2) is 12.1 Å². The van der Waals surface area contributed by atoms with Crippen LogP contribution in [0.25, 0.3) is 0 Å². The number of aliphatic carboxylic acids is 1. The molecule has 1 heterocycles. The van der Waals surface area contributed by atoms with Crippen LogP contribution in [0.3, 0.4) is 0 Å². The quantitative estimate of drug-likeness (QED) is 0.890. The van der Waals surface area contributed by atoms with Gasteiger partial charge in [0, 0.05) is 10.8 Å². The summed E-state index contributed by atoms with van der Waals surface area (Å²) in [7, 11) is 0. The second kappa shape index (κ2) is 4.96. The first-order chi connectivity index (χ1) is 7.99. The molecule has 1 aliphatic rings. The lowest BCUT2D eigenvalue weighted by atomic mass is 9.90. The van der Waals surface area contributed by atoms with Crippen molar-refractivity contribution in [3.8, 4) is 0 Å². The summed E-state index contributed by atoms with van der Waals surface area (Å²) in [5.74, 6) is -1.09. The molecule has 0 aliphatic heterocycles. The number of hydrogen-bond acceptors (Lipinski definition) is 3. The Kier molecular flexibility index (Phi) is 3.76. The summed E-state index contributed by atoms with van der Waals surface area (Å²) in [5.41, 5.74) is 0. The van der Waals surface area contributed by atoms with E-state index in [1.165, 1.54) is 11.3 Å². The molecule has 3 nitrogen and oxygen atoms in total. The van der Waals surface area contributed by atoms with Crippen molar-refractivity contribution < 1.29 is 15.0 Å². The van der Waals surface area contributed by atoms with Gasteiger partial charge >= 0.3 is 5.97 Å². The molecule has 0 aromatic carbocycles. The number of carbonyl (C=O) groups is 1. The van der Waals surface area contributed by atoms with Gasteiger partial charge in [-0.25, -0.2) is 0 Å². The van der Waals surface area contributed by atoms with Gasteiger partial charge in [-0.2, -0.15) is 0 Å². The van der Waals surface area contributed by atoms with Gasteiger partial charge in [-0.15, -0.1) is 11.3 Å². The molecule has 0 spiro atoms. The summed E-state index contributed by atoms with van der Waals surface area (Å²) in [4.78, 5) is 11.9. The van der Waals surface area contributed by atoms with Crippen molar-refractivity contribution in [2.75, 3.05) is 0 Å². The van der Waals surface area contributed by atoms with E-state index in [0.29, 0.717) is 16.7 Å². The molecule has 0 saturated heterocycles. The average molecular weight is 275 g/mol. The molecular weight excluding hydrogens is 260 g/mol. The minimum Gasteiger partial charge on any atom is -0.481 e. The Labute approximate surface area is 109 Å². The zero-order valence-corrected chi connectivity index (χ0v) is 11.0. The maximum absolute atomic E-state index is 11.2. The zero-order valence-electron chi connectivity index (χ0n) is 9.47. The van der Waals surface area contributed by atoms with E-state index in [2.05, 4.69) is 0 Å². The third kappa shape index (κ3) is 2.64. The van der Waals surface area contributed by atoms with E-state index in [1.807, 2.05) is 6.92 Å². The van der Waals surface area contributed by atoms with Crippen molar-refractivity contribution in [3.63, 3.8) is 0 Å². The number of aliphatic hydroxyl groups excluding tert-OH is 1. The van der Waals surface area contributed by atoms with Gasteiger partial charge in [-0.05, 0) is 30.9 Å². The number of hydrogen-bond donors (Lipinski definition) is 2. The van der Waals surface area contributed by atoms with Crippen LogP contribution >= 0.6 is 22.9 Å². The van der Waals surface area contributed by atoms with E-state index < -0.39 is 18.0 Å². The van der Waals surface area contributed by atoms with Gasteiger partial charge in [0.15, 0.2) is 0 Å². The van der Waals surface area contributed by atoms with Gasteiger partial charge in [0.2, 0.25) is 0 Å². The minimum atomic E-state index is -0.805. The Morgan fingerprint density at radius 2 is 2.24 bits per heavy atom. The predicted molar refractivity (Wildman–Crippen MR) is 67.3 cm³/mol. The Morgan fingerprint density at radius 1 is 1.53 bits per heavy atom. The Balaban J connectivity index is 2.18. The third-order valence-corrected chi connectivity index (χ3v) is 4.76. The van der Waals surface area contributed by atoms with E-state index in [0.717, 1.165) is 11.3 Å². The standard InChI is InChI=1S/C12H15ClO3S/c1-6-4-7(8(5-6)12(15)16)11(14)9-2-3-10(13)17-9/h2-3,6-8,11,14H,4-5H2,1H3,(H,15,16). The summed E-state index contributed by atoms with van der Waals surface area (Å²) in [6, 6.07) is 3.51. The van der Waals surface area contributed by atoms with E-state index in [4.69, 9.17) is 16.7 Å². The van der Waals surface area contributed by atoms with E-state index in [-0.39, 0.29) is 5.92 Å². The van der Waals surface area contributed by atoms with Crippen molar-refractivity contribution >= 4 is 28.9 Å². The lowest BCUT2D eigenvalue weighted by Crippen LogP contribution is -2.23. The minimum absolute atomic E-state index is 0.197. The van der Waals surface area contributed by atoms with Gasteiger partial charge in [-0.1, -0.05) is 18.5 Å². The molecule has 4 atom stereocenters. The van der Waals surface area contributed by atoms with Crippen LogP contribution in [0.5, 0.6) is 0 Å². The predicted octanol–water partition coefficient (Wildman–Crippen LogP) is 3.18. The van der Waals surface area contributed by atoms with Crippen molar-refractivity contribution in [2.45, 2.75) is 25.9 Å². The molecule has 0 radical (unpaired) electrons. The third-order valence-electron chi connectivity index (χ3n) is 3.46. The van der Waals surface area contributed by atoms with Crippen LogP contribution in [-0.4, -0.2) is 16.2 Å². The fourth-order valence-corrected chi connectivity index (χ4v) is 3.79. The summed E-state index contributed by atoms with van der Waals surface area (Å²) in [6.45, 7) is 2.03. The van der Waals surface area contributed by atoms with Crippen molar-refractivity contribution in [3.05, 3.63) is 21.3 Å². The first-order valence-corrected chi connectivity index (χ1v) is 6.84. The Hall–Kier alpha value is -0.580. The number of halogens is 1. The van der Waals surface area contributed by atoms with Crippen LogP contribution in [-0.2, 0) is 4.79 Å². The summed E-state index contributed by atoms with van der Waals surface area (Å²) in [6.07, 6.45) is 0.697. The number of thiophene rings is 1. The first-order valence-electron chi connectivity index (χ1n) is 5.65. The van der Waals surface area contributed by atoms with Gasteiger partial charge in [0.25, 0.3) is 0 Å². The van der Waals surface area contributed by atoms with E-state index in [1.54, 1.807) is 12.1 Å². The lowest BCUT2D eigenvalue weighted by Gasteiger charge is -2.21. The highest BCUT2D eigenvalue weighted by Crippen LogP contribution is 2.45. The van der Waals surface area contributed by atoms with E-state index in [9.17, 15) is 9.90 Å². The van der Waals surface area contributed by atoms with Crippen LogP contribution in [0.2, 0.25) is 4.34 Å². The molecule has 1 aromatic rings. The molecule has 1 fully saturated rings. The second-order valence-electron chi connectivity index (χ2n) is 4.77. The molecule has 5 heteroatoms. The maximum atomic E-state index is 11.2. The normalized spacial score (nSPS) is 30.4. The molecule has 2 N–H and O–H groups in total. The van der Waals surface area contributed by atoms with Gasteiger partial charge in [-0.3, -0.25) is 4.79 Å². The van der Waals surface area contributed by atoms with Crippen LogP contribution in [0.4, 0.5) is 0 Å². The molecule has 1 saturated carbocycles. The molecule has 0 bridgehead atoms. The number of carboxylic acid groups (broad SMARTS) is 1. The van der Waals surface area contributed by atoms with Gasteiger partial charge in [0.05, 0.1) is 16.4 Å². The summed E-state index contributed by atoms with van der Waals surface area (Å²) in [5, 5.41) is 19.4. The Bertz CT molecular complexity index is 418. The fraction of sp³-hybridized carbons (Fsp3) is 0.583. The van der Waals surface area contributed by atoms with Crippen molar-refractivity contribution in [2.24, 2.45) is 17.8 Å². The molecule has 2 rings (SSSR count). The fourth-order valence-electron chi connectivity index (χ4n) is 2.66. The number of carboxylic acids is 1. The van der Waals surface area contributed by atoms with Crippen molar-refractivity contribution in [1.29, 1.82) is 0 Å². The largest absolute Gasteiger partial charge is 0.481 e. The molecule has 94 valence electrons. The van der Waals surface area contributed by atoms with Gasteiger partial charge in [0.1, 0.15) is 0 Å². The topological polar surface area (TPSA) is 57.5 Å². The van der Waals surface area contributed by atoms with Crippen LogP contribution in [0.1, 0.15) is 30.7 Å². The molecule has 4 unspecified atom stereocenters. The number of aliphatic hydroxyl groups is 1. The van der Waals surface area contributed by atoms with E-state index >= 15 is 0 Å². The highest BCUT2D eigenvalue weighted by molar-refractivity contribution is 7.16. The second-order valence-corrected chi connectivity index (χ2v) is 6.52. The molecular formula is C12H15ClO3S. The summed E-state index contributed by atoms with van der Waals surface area (Å²) < 4.78 is 0.622. The number of rotatable bonds is 3. The van der Waals surface area contributed by atoms with Crippen LogP contribution in [0, 0.1) is 17.8 Å². The Morgan fingerprint density at radius 3 is 2.76 bits per heavy atom. The highest BCUT2D eigenvalue weighted by atomic mass is 35.5. The average Bonchev–Trinajstić information content (AvgIpc) is 2.83. The molecule has 17 heavy (non-hydrogen) atoms. The molecule has 1 aromatic heterocycles. The molecule has 0 amide bonds. The SMILES string of the molecule is CC1CC(C(=O)O)C(C(O)c2ccc(Cl)s2)C1. The zero-order chi connectivity index (χ0) is 12.6. The monoisotopic (exact) mass is 274 g/mol. The first kappa shape index (κ1) is 12.9.